The van der Waals surface area contributed by atoms with Crippen molar-refractivity contribution in [3.05, 3.63) is 24.3 Å². The van der Waals surface area contributed by atoms with Crippen LogP contribution in [0.3, 0.4) is 0 Å². The van der Waals surface area contributed by atoms with E-state index >= 15 is 0 Å². The molecule has 142 valence electrons. The second-order valence-electron chi connectivity index (χ2n) is 6.20. The van der Waals surface area contributed by atoms with E-state index in [1.165, 1.54) is 24.3 Å². The maximum atomic E-state index is 12.2. The Morgan fingerprint density at radius 3 is 2.74 bits per heavy atom. The van der Waals surface area contributed by atoms with E-state index in [0.717, 1.165) is 24.6 Å². The molecular weight excluding hydrogens is 378 g/mol. The molecule has 1 unspecified atom stereocenters. The highest BCUT2D eigenvalue weighted by molar-refractivity contribution is 7.99. The average Bonchev–Trinajstić information content (AvgIpc) is 3.40. The van der Waals surface area contributed by atoms with E-state index in [0.29, 0.717) is 5.56 Å². The number of nitrogens with zero attached hydrogens (tertiary/aromatic N) is 3. The first kappa shape index (κ1) is 19.1. The zero-order chi connectivity index (χ0) is 19.4. The second-order valence-corrected chi connectivity index (χ2v) is 7.13. The van der Waals surface area contributed by atoms with Crippen LogP contribution in [0.15, 0.2) is 33.9 Å². The van der Waals surface area contributed by atoms with Crippen molar-refractivity contribution in [3.63, 3.8) is 0 Å². The van der Waals surface area contributed by atoms with E-state index in [4.69, 9.17) is 4.42 Å². The zero-order valence-electron chi connectivity index (χ0n) is 14.3. The van der Waals surface area contributed by atoms with Gasteiger partial charge in [-0.1, -0.05) is 11.8 Å². The summed E-state index contributed by atoms with van der Waals surface area (Å²) in [6.45, 7) is -1.17. The summed E-state index contributed by atoms with van der Waals surface area (Å²) in [6.07, 6.45) is 1.87. The first-order valence-electron chi connectivity index (χ1n) is 8.13. The topological polar surface area (TPSA) is 101 Å². The van der Waals surface area contributed by atoms with Gasteiger partial charge < -0.3 is 14.5 Å². The third kappa shape index (κ3) is 4.95. The van der Waals surface area contributed by atoms with Crippen molar-refractivity contribution in [1.82, 2.24) is 15.5 Å². The van der Waals surface area contributed by atoms with Crippen LogP contribution in [0, 0.1) is 17.2 Å². The van der Waals surface area contributed by atoms with Gasteiger partial charge in [0, 0.05) is 5.56 Å². The molecule has 0 bridgehead atoms. The van der Waals surface area contributed by atoms with Gasteiger partial charge in [0.05, 0.1) is 11.8 Å². The van der Waals surface area contributed by atoms with E-state index in [-0.39, 0.29) is 34.4 Å². The number of ether oxygens (including phenoxy) is 1. The lowest BCUT2D eigenvalue weighted by Gasteiger charge is -2.22. The quantitative estimate of drug-likeness (QED) is 0.686. The summed E-state index contributed by atoms with van der Waals surface area (Å²) in [6, 6.07) is 7.93. The third-order valence-electron chi connectivity index (χ3n) is 4.08. The number of hydrogen-bond donors (Lipinski definition) is 1. The SMILES string of the molecule is CC(C#N)(NC(=O)CSc1nnc(-c2ccc(OC(F)F)cc2)o1)C1CC1. The number of alkyl halides is 2. The molecule has 1 aliphatic carbocycles. The number of thioether (sulfide) groups is 1. The molecule has 7 nitrogen and oxygen atoms in total. The zero-order valence-corrected chi connectivity index (χ0v) is 15.1. The summed E-state index contributed by atoms with van der Waals surface area (Å²) in [5.41, 5.74) is -0.314. The summed E-state index contributed by atoms with van der Waals surface area (Å²) in [5, 5.41) is 19.9. The molecule has 1 saturated carbocycles. The first-order chi connectivity index (χ1) is 12.9. The van der Waals surface area contributed by atoms with Crippen molar-refractivity contribution in [2.45, 2.75) is 37.1 Å². The van der Waals surface area contributed by atoms with E-state index in [1.54, 1.807) is 6.92 Å². The van der Waals surface area contributed by atoms with Crippen LogP contribution >= 0.6 is 11.8 Å². The normalized spacial score (nSPS) is 15.8. The molecule has 1 aromatic carbocycles. The van der Waals surface area contributed by atoms with Crippen molar-refractivity contribution in [2.24, 2.45) is 5.92 Å². The lowest BCUT2D eigenvalue weighted by atomic mass is 9.98. The highest BCUT2D eigenvalue weighted by Crippen LogP contribution is 2.39. The molecule has 1 aromatic heterocycles. The number of carbonyl (C=O) groups is 1. The Labute approximate surface area is 158 Å². The van der Waals surface area contributed by atoms with Crippen LogP contribution in [-0.4, -0.2) is 34.0 Å². The van der Waals surface area contributed by atoms with Crippen LogP contribution in [0.2, 0.25) is 0 Å². The lowest BCUT2D eigenvalue weighted by Crippen LogP contribution is -2.47. The molecule has 1 fully saturated rings. The standard InChI is InChI=1S/C17H16F2N4O3S/c1-17(9-20,11-4-5-11)21-13(24)8-27-16-23-22-14(26-16)10-2-6-12(7-3-10)25-15(18)19/h2-3,6-7,11,15H,4-5,8H2,1H3,(H,21,24). The van der Waals surface area contributed by atoms with Gasteiger partial charge in [-0.15, -0.1) is 10.2 Å². The minimum atomic E-state index is -2.89. The second kappa shape index (κ2) is 7.92. The first-order valence-corrected chi connectivity index (χ1v) is 9.12. The Kier molecular flexibility index (Phi) is 5.60. The number of nitriles is 1. The van der Waals surface area contributed by atoms with Gasteiger partial charge in [-0.05, 0) is 49.9 Å². The molecule has 27 heavy (non-hydrogen) atoms. The Morgan fingerprint density at radius 2 is 2.15 bits per heavy atom. The molecule has 1 N–H and O–H groups in total. The Morgan fingerprint density at radius 1 is 1.44 bits per heavy atom. The molecule has 0 aliphatic heterocycles. The van der Waals surface area contributed by atoms with Crippen LogP contribution < -0.4 is 10.1 Å². The van der Waals surface area contributed by atoms with Crippen molar-refractivity contribution >= 4 is 17.7 Å². The molecule has 2 aromatic rings. The molecule has 0 saturated heterocycles. The number of aromatic nitrogens is 2. The summed E-state index contributed by atoms with van der Waals surface area (Å²) >= 11 is 1.05. The van der Waals surface area contributed by atoms with Gasteiger partial charge in [0.15, 0.2) is 0 Å². The smallest absolute Gasteiger partial charge is 0.387 e. The number of rotatable bonds is 8. The number of halogens is 2. The van der Waals surface area contributed by atoms with Gasteiger partial charge in [0.1, 0.15) is 11.3 Å². The van der Waals surface area contributed by atoms with E-state index in [9.17, 15) is 18.8 Å². The van der Waals surface area contributed by atoms with Crippen molar-refractivity contribution < 1.29 is 22.7 Å². The average molecular weight is 394 g/mol. The predicted molar refractivity (Wildman–Crippen MR) is 92.0 cm³/mol. The summed E-state index contributed by atoms with van der Waals surface area (Å²) in [4.78, 5) is 12.1. The molecule has 3 rings (SSSR count). The van der Waals surface area contributed by atoms with Gasteiger partial charge in [-0.25, -0.2) is 0 Å². The maximum Gasteiger partial charge on any atom is 0.387 e. The fraction of sp³-hybridized carbons (Fsp3) is 0.412. The van der Waals surface area contributed by atoms with Crippen LogP contribution in [0.1, 0.15) is 19.8 Å². The molecule has 1 aliphatic rings. The van der Waals surface area contributed by atoms with E-state index < -0.39 is 12.2 Å². The van der Waals surface area contributed by atoms with E-state index in [1.807, 2.05) is 0 Å². The fourth-order valence-electron chi connectivity index (χ4n) is 2.50. The van der Waals surface area contributed by atoms with Crippen molar-refractivity contribution in [1.29, 1.82) is 5.26 Å². The minimum Gasteiger partial charge on any atom is -0.435 e. The van der Waals surface area contributed by atoms with Crippen LogP contribution in [0.4, 0.5) is 8.78 Å². The molecule has 1 atom stereocenters. The Hall–Kier alpha value is -2.67. The van der Waals surface area contributed by atoms with Crippen LogP contribution in [0.25, 0.3) is 11.5 Å². The van der Waals surface area contributed by atoms with Gasteiger partial charge in [-0.2, -0.15) is 14.0 Å². The molecule has 0 spiro atoms. The summed E-state index contributed by atoms with van der Waals surface area (Å²) in [7, 11) is 0. The Balaban J connectivity index is 1.55. The fourth-order valence-corrected chi connectivity index (χ4v) is 3.06. The van der Waals surface area contributed by atoms with Crippen molar-refractivity contribution in [2.75, 3.05) is 5.75 Å². The van der Waals surface area contributed by atoms with Gasteiger partial charge in [0.25, 0.3) is 5.22 Å². The van der Waals surface area contributed by atoms with Gasteiger partial charge >= 0.3 is 6.61 Å². The minimum absolute atomic E-state index is 0.0238. The number of nitrogens with one attached hydrogen (secondary N) is 1. The monoisotopic (exact) mass is 394 g/mol. The van der Waals surface area contributed by atoms with Crippen LogP contribution in [-0.2, 0) is 4.79 Å². The van der Waals surface area contributed by atoms with Gasteiger partial charge in [-0.3, -0.25) is 4.79 Å². The van der Waals surface area contributed by atoms with Crippen molar-refractivity contribution in [3.8, 4) is 23.3 Å². The molecular formula is C17H16F2N4O3S. The highest BCUT2D eigenvalue weighted by Gasteiger charge is 2.42. The molecule has 1 amide bonds. The largest absolute Gasteiger partial charge is 0.435 e. The Bertz CT molecular complexity index is 849. The number of carbonyl (C=O) groups excluding carboxylic acids is 1. The molecule has 0 radical (unpaired) electrons. The number of benzene rings is 1. The third-order valence-corrected chi connectivity index (χ3v) is 4.90. The number of hydrogen-bond acceptors (Lipinski definition) is 7. The summed E-state index contributed by atoms with van der Waals surface area (Å²) in [5.74, 6) is 0.164. The highest BCUT2D eigenvalue weighted by atomic mass is 32.2. The molecule has 10 heteroatoms. The van der Waals surface area contributed by atoms with Gasteiger partial charge in [0.2, 0.25) is 11.8 Å². The van der Waals surface area contributed by atoms with Crippen LogP contribution in [0.5, 0.6) is 5.75 Å². The maximum absolute atomic E-state index is 12.2. The lowest BCUT2D eigenvalue weighted by molar-refractivity contribution is -0.119. The summed E-state index contributed by atoms with van der Waals surface area (Å²) < 4.78 is 34.0. The number of amides is 1. The molecule has 1 heterocycles. The predicted octanol–water partition coefficient (Wildman–Crippen LogP) is 3.24. The van der Waals surface area contributed by atoms with E-state index in [2.05, 4.69) is 26.3 Å².